The minimum atomic E-state index is 0. The first-order chi connectivity index (χ1) is 10.3. The molecule has 102 valence electrons. The van der Waals surface area contributed by atoms with Crippen LogP contribution in [0.25, 0.3) is 11.1 Å². The fourth-order valence-electron chi connectivity index (χ4n) is 2.17. The fourth-order valence-corrected chi connectivity index (χ4v) is 2.17. The van der Waals surface area contributed by atoms with E-state index in [-0.39, 0.29) is 32.7 Å². The first-order valence-corrected chi connectivity index (χ1v) is 6.93. The molecule has 0 saturated heterocycles. The van der Waals surface area contributed by atoms with Gasteiger partial charge in [0.1, 0.15) is 0 Å². The van der Waals surface area contributed by atoms with E-state index in [2.05, 4.69) is 60.4 Å². The predicted octanol–water partition coefficient (Wildman–Crippen LogP) is 5.28. The monoisotopic (exact) mass is 359 g/mol. The summed E-state index contributed by atoms with van der Waals surface area (Å²) in [6.45, 7) is 3.97. The third-order valence-corrected chi connectivity index (χ3v) is 3.36. The molecule has 0 aliphatic rings. The summed E-state index contributed by atoms with van der Waals surface area (Å²) in [6.07, 6.45) is 1.87. The van der Waals surface area contributed by atoms with Crippen molar-refractivity contribution in [3.8, 4) is 11.1 Å². The van der Waals surface area contributed by atoms with Gasteiger partial charge >= 0.3 is 32.7 Å². The van der Waals surface area contributed by atoms with Crippen molar-refractivity contribution in [2.24, 2.45) is 4.99 Å². The zero-order valence-electron chi connectivity index (χ0n) is 12.3. The van der Waals surface area contributed by atoms with Crippen molar-refractivity contribution >= 4 is 11.9 Å². The summed E-state index contributed by atoms with van der Waals surface area (Å²) in [7, 11) is 0. The Hall–Kier alpha value is -1.70. The van der Waals surface area contributed by atoms with Crippen LogP contribution in [0.4, 0.5) is 5.69 Å². The van der Waals surface area contributed by atoms with Gasteiger partial charge in [-0.1, -0.05) is 66.7 Å². The van der Waals surface area contributed by atoms with Crippen LogP contribution in [0.2, 0.25) is 0 Å². The maximum atomic E-state index is 4.49. The minimum Gasteiger partial charge on any atom is -0.320 e. The molecule has 3 aromatic rings. The molecule has 2 heteroatoms. The Bertz CT molecular complexity index is 746. The molecule has 0 N–H and O–H groups in total. The van der Waals surface area contributed by atoms with Crippen molar-refractivity contribution in [3.05, 3.63) is 96.9 Å². The number of benzene rings is 3. The van der Waals surface area contributed by atoms with Crippen LogP contribution in [0.15, 0.2) is 83.9 Å². The fraction of sp³-hybridized carbons (Fsp3) is 0. The summed E-state index contributed by atoms with van der Waals surface area (Å²) in [5.74, 6) is 0. The summed E-state index contributed by atoms with van der Waals surface area (Å²) < 4.78 is 0. The Morgan fingerprint density at radius 1 is 0.682 bits per heavy atom. The van der Waals surface area contributed by atoms with Gasteiger partial charge in [0.25, 0.3) is 0 Å². The third kappa shape index (κ3) is 4.16. The Morgan fingerprint density at radius 2 is 1.27 bits per heavy atom. The number of hydrogen-bond acceptors (Lipinski definition) is 1. The van der Waals surface area contributed by atoms with Crippen LogP contribution >= 0.6 is 0 Å². The second kappa shape index (κ2) is 8.07. The van der Waals surface area contributed by atoms with Crippen molar-refractivity contribution in [1.82, 2.24) is 0 Å². The number of nitrogens with zero attached hydrogens (tertiary/aromatic N) is 1. The molecule has 0 atom stereocenters. The molecule has 0 spiro atoms. The minimum absolute atomic E-state index is 0. The van der Waals surface area contributed by atoms with Crippen molar-refractivity contribution in [2.45, 2.75) is 0 Å². The second-order valence-electron chi connectivity index (χ2n) is 4.87. The molecule has 22 heavy (non-hydrogen) atoms. The van der Waals surface area contributed by atoms with Crippen molar-refractivity contribution in [1.29, 1.82) is 0 Å². The molecule has 3 rings (SSSR count). The van der Waals surface area contributed by atoms with E-state index >= 15 is 0 Å². The average molecular weight is 359 g/mol. The Balaban J connectivity index is 0.00000176. The van der Waals surface area contributed by atoms with E-state index in [0.717, 1.165) is 16.8 Å². The molecule has 0 unspecified atom stereocenters. The SMILES string of the molecule is [CH2-]c1ccccc1N=Cc1ccc(-c2ccccc2)cc1.[Y+3]. The van der Waals surface area contributed by atoms with Gasteiger partial charge in [-0.3, -0.25) is 0 Å². The van der Waals surface area contributed by atoms with Crippen LogP contribution in [0.5, 0.6) is 0 Å². The van der Waals surface area contributed by atoms with Gasteiger partial charge in [0.2, 0.25) is 0 Å². The van der Waals surface area contributed by atoms with Crippen LogP contribution in [-0.2, 0) is 32.7 Å². The van der Waals surface area contributed by atoms with Gasteiger partial charge in [0.15, 0.2) is 0 Å². The topological polar surface area (TPSA) is 12.4 Å². The van der Waals surface area contributed by atoms with Crippen molar-refractivity contribution in [2.75, 3.05) is 0 Å². The largest absolute Gasteiger partial charge is 3.00 e. The standard InChI is InChI=1S/C20H16N.Y/c1-16-7-5-6-10-20(16)21-15-17-11-13-19(14-12-17)18-8-3-2-4-9-18;/h2-15H,1H2;/q-1;+3. The molecule has 3 aromatic carbocycles. The maximum Gasteiger partial charge on any atom is 3.00 e. The molecular weight excluding hydrogens is 343 g/mol. The molecule has 0 bridgehead atoms. The molecule has 0 aliphatic heterocycles. The van der Waals surface area contributed by atoms with Crippen LogP contribution in [0.3, 0.4) is 0 Å². The molecule has 0 radical (unpaired) electrons. The van der Waals surface area contributed by atoms with Crippen LogP contribution in [0, 0.1) is 6.92 Å². The van der Waals surface area contributed by atoms with Gasteiger partial charge < -0.3 is 4.99 Å². The van der Waals surface area contributed by atoms with Crippen LogP contribution < -0.4 is 0 Å². The first-order valence-electron chi connectivity index (χ1n) is 6.93. The van der Waals surface area contributed by atoms with Gasteiger partial charge in [0, 0.05) is 6.21 Å². The Morgan fingerprint density at radius 3 is 1.95 bits per heavy atom. The molecule has 0 aliphatic carbocycles. The number of para-hydroxylation sites is 1. The number of aliphatic imine (C=N–C) groups is 1. The van der Waals surface area contributed by atoms with E-state index in [1.807, 2.05) is 36.5 Å². The molecule has 0 saturated carbocycles. The van der Waals surface area contributed by atoms with E-state index in [9.17, 15) is 0 Å². The first kappa shape index (κ1) is 16.7. The maximum absolute atomic E-state index is 4.49. The van der Waals surface area contributed by atoms with E-state index in [4.69, 9.17) is 0 Å². The summed E-state index contributed by atoms with van der Waals surface area (Å²) in [4.78, 5) is 4.49. The molecule has 1 nitrogen and oxygen atoms in total. The van der Waals surface area contributed by atoms with Gasteiger partial charge in [-0.15, -0.1) is 6.07 Å². The van der Waals surface area contributed by atoms with E-state index in [0.29, 0.717) is 0 Å². The number of rotatable bonds is 3. The van der Waals surface area contributed by atoms with E-state index in [1.54, 1.807) is 0 Å². The van der Waals surface area contributed by atoms with E-state index in [1.165, 1.54) is 11.1 Å². The summed E-state index contributed by atoms with van der Waals surface area (Å²) in [5, 5.41) is 0. The van der Waals surface area contributed by atoms with Gasteiger partial charge in [0.05, 0.1) is 0 Å². The average Bonchev–Trinajstić information content (AvgIpc) is 2.55. The second-order valence-corrected chi connectivity index (χ2v) is 4.87. The zero-order valence-corrected chi connectivity index (χ0v) is 15.2. The summed E-state index contributed by atoms with van der Waals surface area (Å²) in [5.41, 5.74) is 5.37. The predicted molar refractivity (Wildman–Crippen MR) is 90.0 cm³/mol. The normalized spacial score (nSPS) is 10.4. The van der Waals surface area contributed by atoms with Gasteiger partial charge in [-0.05, 0) is 22.4 Å². The van der Waals surface area contributed by atoms with Gasteiger partial charge in [-0.2, -0.15) is 18.6 Å². The smallest absolute Gasteiger partial charge is 0.320 e. The molecular formula is C20H16NY+2. The summed E-state index contributed by atoms with van der Waals surface area (Å²) >= 11 is 0. The zero-order chi connectivity index (χ0) is 14.5. The quantitative estimate of drug-likeness (QED) is 0.445. The van der Waals surface area contributed by atoms with Crippen LogP contribution in [-0.4, -0.2) is 6.21 Å². The Labute approximate surface area is 157 Å². The van der Waals surface area contributed by atoms with Crippen molar-refractivity contribution < 1.29 is 32.7 Å². The third-order valence-electron chi connectivity index (χ3n) is 3.36. The van der Waals surface area contributed by atoms with Gasteiger partial charge in [-0.25, -0.2) is 0 Å². The molecule has 0 amide bonds. The van der Waals surface area contributed by atoms with E-state index < -0.39 is 0 Å². The number of hydrogen-bond donors (Lipinski definition) is 0. The Kier molecular flexibility index (Phi) is 6.12. The van der Waals surface area contributed by atoms with Crippen molar-refractivity contribution in [3.63, 3.8) is 0 Å². The molecule has 0 heterocycles. The molecule has 0 aromatic heterocycles. The van der Waals surface area contributed by atoms with Crippen LogP contribution in [0.1, 0.15) is 11.1 Å². The molecule has 0 fully saturated rings. The summed E-state index contributed by atoms with van der Waals surface area (Å²) in [6, 6.07) is 26.6.